The molecule has 1 fully saturated rings. The minimum Gasteiger partial charge on any atom is -0.396 e. The number of nitrogens with two attached hydrogens (primary N) is 1. The van der Waals surface area contributed by atoms with Crippen molar-refractivity contribution in [3.63, 3.8) is 0 Å². The fourth-order valence-electron chi connectivity index (χ4n) is 2.47. The van der Waals surface area contributed by atoms with Crippen LogP contribution in [-0.4, -0.2) is 29.8 Å². The predicted octanol–water partition coefficient (Wildman–Crippen LogP) is 1.77. The number of nitrogens with zero attached hydrogens (tertiary/aromatic N) is 2. The van der Waals surface area contributed by atoms with Crippen LogP contribution in [0.4, 0.5) is 19.0 Å². The van der Waals surface area contributed by atoms with E-state index in [1.807, 2.05) is 0 Å². The summed E-state index contributed by atoms with van der Waals surface area (Å²) >= 11 is 0. The summed E-state index contributed by atoms with van der Waals surface area (Å²) in [5.74, 6) is 0.367. The highest BCUT2D eigenvalue weighted by Crippen LogP contribution is 2.31. The molecular formula is C13H18F3N3O. The third kappa shape index (κ3) is 3.21. The first-order chi connectivity index (χ1) is 9.45. The Hall–Kier alpha value is -1.34. The van der Waals surface area contributed by atoms with Gasteiger partial charge in [0.2, 0.25) is 0 Å². The zero-order valence-corrected chi connectivity index (χ0v) is 11.0. The lowest BCUT2D eigenvalue weighted by Gasteiger charge is -2.34. The van der Waals surface area contributed by atoms with Gasteiger partial charge in [0.1, 0.15) is 11.5 Å². The molecule has 0 aliphatic carbocycles. The van der Waals surface area contributed by atoms with Crippen LogP contribution < -0.4 is 10.6 Å². The first-order valence-electron chi connectivity index (χ1n) is 6.58. The van der Waals surface area contributed by atoms with Crippen molar-refractivity contribution in [1.82, 2.24) is 4.98 Å². The van der Waals surface area contributed by atoms with E-state index in [0.717, 1.165) is 18.9 Å². The summed E-state index contributed by atoms with van der Waals surface area (Å²) < 4.78 is 38.3. The first kappa shape index (κ1) is 15.1. The molecule has 20 heavy (non-hydrogen) atoms. The molecule has 0 amide bonds. The molecular weight excluding hydrogens is 271 g/mol. The number of aromatic nitrogens is 1. The number of hydrogen-bond acceptors (Lipinski definition) is 4. The highest BCUT2D eigenvalue weighted by Gasteiger charge is 2.34. The molecule has 0 saturated carbocycles. The van der Waals surface area contributed by atoms with E-state index >= 15 is 0 Å². The maximum atomic E-state index is 12.8. The van der Waals surface area contributed by atoms with Crippen LogP contribution in [0.1, 0.15) is 24.1 Å². The lowest BCUT2D eigenvalue weighted by molar-refractivity contribution is -0.141. The number of alkyl halides is 3. The Morgan fingerprint density at radius 2 is 2.15 bits per heavy atom. The van der Waals surface area contributed by atoms with E-state index in [-0.39, 0.29) is 19.1 Å². The summed E-state index contributed by atoms with van der Waals surface area (Å²) in [6.45, 7) is 1.32. The lowest BCUT2D eigenvalue weighted by atomic mass is 9.98. The molecule has 0 radical (unpaired) electrons. The fraction of sp³-hybridized carbons (Fsp3) is 0.615. The molecule has 0 aromatic carbocycles. The number of piperidine rings is 1. The standard InChI is InChI=1S/C13H18F3N3O/c14-13(15,16)11-4-3-10(6-17)12(18-11)19-5-1-2-9(7-19)8-20/h3-4,9,20H,1-2,5-8,17H2. The number of halogens is 3. The van der Waals surface area contributed by atoms with E-state index in [4.69, 9.17) is 5.73 Å². The molecule has 7 heteroatoms. The number of anilines is 1. The van der Waals surface area contributed by atoms with Crippen molar-refractivity contribution in [2.75, 3.05) is 24.6 Å². The van der Waals surface area contributed by atoms with Gasteiger partial charge in [-0.05, 0) is 24.8 Å². The lowest BCUT2D eigenvalue weighted by Crippen LogP contribution is -2.38. The van der Waals surface area contributed by atoms with Crippen LogP contribution in [0.2, 0.25) is 0 Å². The van der Waals surface area contributed by atoms with E-state index in [2.05, 4.69) is 4.98 Å². The molecule has 0 spiro atoms. The quantitative estimate of drug-likeness (QED) is 0.890. The Morgan fingerprint density at radius 3 is 2.75 bits per heavy atom. The van der Waals surface area contributed by atoms with Gasteiger partial charge in [0, 0.05) is 31.8 Å². The summed E-state index contributed by atoms with van der Waals surface area (Å²) in [7, 11) is 0. The third-order valence-electron chi connectivity index (χ3n) is 3.54. The van der Waals surface area contributed by atoms with Gasteiger partial charge in [0.25, 0.3) is 0 Å². The van der Waals surface area contributed by atoms with E-state index in [1.165, 1.54) is 6.07 Å². The largest absolute Gasteiger partial charge is 0.433 e. The zero-order valence-electron chi connectivity index (χ0n) is 11.0. The molecule has 1 aliphatic rings. The van der Waals surface area contributed by atoms with Crippen molar-refractivity contribution in [2.24, 2.45) is 11.7 Å². The van der Waals surface area contributed by atoms with E-state index in [1.54, 1.807) is 4.90 Å². The van der Waals surface area contributed by atoms with Gasteiger partial charge >= 0.3 is 6.18 Å². The highest BCUT2D eigenvalue weighted by atomic mass is 19.4. The van der Waals surface area contributed by atoms with Gasteiger partial charge in [-0.3, -0.25) is 0 Å². The Balaban J connectivity index is 2.32. The maximum Gasteiger partial charge on any atom is 0.433 e. The van der Waals surface area contributed by atoms with Crippen LogP contribution in [0.3, 0.4) is 0 Å². The first-order valence-corrected chi connectivity index (χ1v) is 6.58. The van der Waals surface area contributed by atoms with Crippen molar-refractivity contribution < 1.29 is 18.3 Å². The molecule has 2 heterocycles. The van der Waals surface area contributed by atoms with Gasteiger partial charge in [0.05, 0.1) is 0 Å². The summed E-state index contributed by atoms with van der Waals surface area (Å²) in [6, 6.07) is 2.34. The molecule has 1 unspecified atom stereocenters. The Labute approximate surface area is 115 Å². The average molecular weight is 289 g/mol. The zero-order chi connectivity index (χ0) is 14.8. The molecule has 1 aromatic heterocycles. The maximum absolute atomic E-state index is 12.8. The van der Waals surface area contributed by atoms with Gasteiger partial charge < -0.3 is 15.7 Å². The van der Waals surface area contributed by atoms with E-state index in [0.29, 0.717) is 24.5 Å². The average Bonchev–Trinajstić information content (AvgIpc) is 2.45. The van der Waals surface area contributed by atoms with E-state index in [9.17, 15) is 18.3 Å². The second-order valence-electron chi connectivity index (χ2n) is 5.02. The van der Waals surface area contributed by atoms with Crippen LogP contribution in [0.5, 0.6) is 0 Å². The SMILES string of the molecule is NCc1ccc(C(F)(F)F)nc1N1CCCC(CO)C1. The second kappa shape index (κ2) is 5.97. The second-order valence-corrected chi connectivity index (χ2v) is 5.02. The summed E-state index contributed by atoms with van der Waals surface area (Å²) in [5, 5.41) is 9.21. The molecule has 2 rings (SSSR count). The Bertz CT molecular complexity index is 465. The van der Waals surface area contributed by atoms with Gasteiger partial charge in [-0.25, -0.2) is 4.98 Å². The van der Waals surface area contributed by atoms with Crippen molar-refractivity contribution in [2.45, 2.75) is 25.6 Å². The Morgan fingerprint density at radius 1 is 1.40 bits per heavy atom. The van der Waals surface area contributed by atoms with E-state index < -0.39 is 11.9 Å². The highest BCUT2D eigenvalue weighted by molar-refractivity contribution is 5.48. The summed E-state index contributed by atoms with van der Waals surface area (Å²) in [4.78, 5) is 5.54. The van der Waals surface area contributed by atoms with Gasteiger partial charge in [-0.1, -0.05) is 6.07 Å². The molecule has 1 aliphatic heterocycles. The topological polar surface area (TPSA) is 62.4 Å². The van der Waals surface area contributed by atoms with Gasteiger partial charge in [-0.15, -0.1) is 0 Å². The number of pyridine rings is 1. The van der Waals surface area contributed by atoms with Crippen LogP contribution in [0, 0.1) is 5.92 Å². The minimum atomic E-state index is -4.46. The summed E-state index contributed by atoms with van der Waals surface area (Å²) in [5.41, 5.74) is 5.27. The molecule has 112 valence electrons. The normalized spacial score (nSPS) is 20.2. The molecule has 3 N–H and O–H groups in total. The third-order valence-corrected chi connectivity index (χ3v) is 3.54. The molecule has 4 nitrogen and oxygen atoms in total. The van der Waals surface area contributed by atoms with Crippen LogP contribution in [0.15, 0.2) is 12.1 Å². The van der Waals surface area contributed by atoms with Crippen molar-refractivity contribution in [3.8, 4) is 0 Å². The van der Waals surface area contributed by atoms with Gasteiger partial charge in [-0.2, -0.15) is 13.2 Å². The van der Waals surface area contributed by atoms with Gasteiger partial charge in [0.15, 0.2) is 0 Å². The van der Waals surface area contributed by atoms with Crippen LogP contribution in [0.25, 0.3) is 0 Å². The number of aliphatic hydroxyl groups is 1. The fourth-order valence-corrected chi connectivity index (χ4v) is 2.47. The van der Waals surface area contributed by atoms with Crippen molar-refractivity contribution >= 4 is 5.82 Å². The van der Waals surface area contributed by atoms with Crippen molar-refractivity contribution in [3.05, 3.63) is 23.4 Å². The number of aliphatic hydroxyl groups excluding tert-OH is 1. The number of rotatable bonds is 3. The molecule has 0 bridgehead atoms. The predicted molar refractivity (Wildman–Crippen MR) is 69.2 cm³/mol. The van der Waals surface area contributed by atoms with Crippen molar-refractivity contribution in [1.29, 1.82) is 0 Å². The number of hydrogen-bond donors (Lipinski definition) is 2. The Kier molecular flexibility index (Phi) is 4.49. The molecule has 1 saturated heterocycles. The summed E-state index contributed by atoms with van der Waals surface area (Å²) in [6.07, 6.45) is -2.76. The minimum absolute atomic E-state index is 0.0351. The van der Waals surface area contributed by atoms with Crippen LogP contribution in [-0.2, 0) is 12.7 Å². The molecule has 1 aromatic rings. The molecule has 1 atom stereocenters. The smallest absolute Gasteiger partial charge is 0.396 e. The monoisotopic (exact) mass is 289 g/mol. The van der Waals surface area contributed by atoms with Crippen LogP contribution >= 0.6 is 0 Å².